The predicted octanol–water partition coefficient (Wildman–Crippen LogP) is 0.888. The van der Waals surface area contributed by atoms with Crippen molar-refractivity contribution >= 4 is 19.9 Å². The molecule has 0 unspecified atom stereocenters. The summed E-state index contributed by atoms with van der Waals surface area (Å²) in [6.45, 7) is 4.23. The average Bonchev–Trinajstić information content (AvgIpc) is 2.36. The minimum absolute atomic E-state index is 0.0937. The first-order valence-corrected chi connectivity index (χ1v) is 9.89. The number of hydrogen-bond acceptors (Lipinski definition) is 5. The van der Waals surface area contributed by atoms with Gasteiger partial charge in [0.1, 0.15) is 0 Å². The molecule has 1 aromatic rings. The van der Waals surface area contributed by atoms with Crippen LogP contribution in [0.15, 0.2) is 34.1 Å². The summed E-state index contributed by atoms with van der Waals surface area (Å²) in [5.74, 6) is 0. The van der Waals surface area contributed by atoms with Crippen LogP contribution in [0.3, 0.4) is 0 Å². The van der Waals surface area contributed by atoms with Crippen molar-refractivity contribution < 1.29 is 21.6 Å². The number of morpholine rings is 1. The zero-order valence-electron chi connectivity index (χ0n) is 12.2. The summed E-state index contributed by atoms with van der Waals surface area (Å²) >= 11 is 0. The molecule has 0 aromatic heterocycles. The molecule has 1 heterocycles. The molecule has 8 heteroatoms. The molecule has 6 nitrogen and oxygen atoms in total. The summed E-state index contributed by atoms with van der Waals surface area (Å²) < 4.78 is 54.8. The van der Waals surface area contributed by atoms with Crippen LogP contribution in [0.5, 0.6) is 0 Å². The Balaban J connectivity index is 2.31. The number of ether oxygens (including phenoxy) is 1. The molecule has 118 valence electrons. The van der Waals surface area contributed by atoms with Gasteiger partial charge in [0.25, 0.3) is 0 Å². The largest absolute Gasteiger partial charge is 0.373 e. The van der Waals surface area contributed by atoms with Gasteiger partial charge in [-0.25, -0.2) is 16.8 Å². The molecule has 0 spiro atoms. The van der Waals surface area contributed by atoms with Gasteiger partial charge in [-0.1, -0.05) is 0 Å². The fraction of sp³-hybridized carbons (Fsp3) is 0.538. The van der Waals surface area contributed by atoms with Gasteiger partial charge in [-0.15, -0.1) is 0 Å². The summed E-state index contributed by atoms with van der Waals surface area (Å²) in [6, 6.07) is 5.29. The molecule has 0 amide bonds. The predicted molar refractivity (Wildman–Crippen MR) is 78.3 cm³/mol. The van der Waals surface area contributed by atoms with E-state index in [1.807, 2.05) is 13.8 Å². The van der Waals surface area contributed by atoms with E-state index in [1.54, 1.807) is 0 Å². The fourth-order valence-corrected chi connectivity index (χ4v) is 4.56. The second-order valence-corrected chi connectivity index (χ2v) is 9.28. The third-order valence-corrected chi connectivity index (χ3v) is 6.25. The molecule has 0 saturated carbocycles. The van der Waals surface area contributed by atoms with E-state index in [9.17, 15) is 16.8 Å². The minimum atomic E-state index is -3.63. The van der Waals surface area contributed by atoms with Crippen molar-refractivity contribution in [2.24, 2.45) is 0 Å². The number of hydrogen-bond donors (Lipinski definition) is 0. The van der Waals surface area contributed by atoms with Crippen molar-refractivity contribution in [3.8, 4) is 0 Å². The van der Waals surface area contributed by atoms with Crippen LogP contribution in [-0.2, 0) is 24.6 Å². The van der Waals surface area contributed by atoms with Crippen molar-refractivity contribution in [2.45, 2.75) is 35.8 Å². The van der Waals surface area contributed by atoms with E-state index in [1.165, 1.54) is 28.6 Å². The fourth-order valence-electron chi connectivity index (χ4n) is 2.33. The molecule has 0 aliphatic carbocycles. The molecule has 21 heavy (non-hydrogen) atoms. The van der Waals surface area contributed by atoms with E-state index >= 15 is 0 Å². The Morgan fingerprint density at radius 2 is 1.38 bits per heavy atom. The highest BCUT2D eigenvalue weighted by Gasteiger charge is 2.32. The van der Waals surface area contributed by atoms with E-state index in [0.29, 0.717) is 13.1 Å². The summed E-state index contributed by atoms with van der Waals surface area (Å²) in [4.78, 5) is 0.196. The van der Waals surface area contributed by atoms with Gasteiger partial charge >= 0.3 is 0 Å². The van der Waals surface area contributed by atoms with Gasteiger partial charge in [0, 0.05) is 19.3 Å². The molecule has 2 atom stereocenters. The highest BCUT2D eigenvalue weighted by molar-refractivity contribution is 7.90. The molecular formula is C13H19NO5S2. The summed E-state index contributed by atoms with van der Waals surface area (Å²) in [7, 11) is -6.97. The Morgan fingerprint density at radius 1 is 0.952 bits per heavy atom. The van der Waals surface area contributed by atoms with Crippen molar-refractivity contribution in [1.29, 1.82) is 0 Å². The number of sulfone groups is 1. The molecule has 0 bridgehead atoms. The van der Waals surface area contributed by atoms with Crippen LogP contribution < -0.4 is 0 Å². The zero-order valence-corrected chi connectivity index (χ0v) is 13.8. The van der Waals surface area contributed by atoms with Crippen LogP contribution in [-0.4, -0.2) is 52.7 Å². The molecule has 1 fully saturated rings. The molecule has 1 aliphatic heterocycles. The number of rotatable bonds is 3. The molecule has 1 aliphatic rings. The van der Waals surface area contributed by atoms with Gasteiger partial charge in [-0.3, -0.25) is 0 Å². The standard InChI is InChI=1S/C13H19NO5S2/c1-10-8-14(9-11(2)19-10)21(17,18)13-6-4-12(5-7-13)20(3,15)16/h4-7,10-11H,8-9H2,1-3H3/t10-,11-/m1/s1. The van der Waals surface area contributed by atoms with E-state index in [0.717, 1.165) is 6.26 Å². The van der Waals surface area contributed by atoms with Crippen LogP contribution in [0.4, 0.5) is 0 Å². The van der Waals surface area contributed by atoms with Crippen molar-refractivity contribution in [1.82, 2.24) is 4.31 Å². The average molecular weight is 333 g/mol. The molecule has 1 saturated heterocycles. The van der Waals surface area contributed by atoms with Gasteiger partial charge in [-0.05, 0) is 38.1 Å². The summed E-state index contributed by atoms with van der Waals surface area (Å²) in [5, 5.41) is 0. The van der Waals surface area contributed by atoms with Gasteiger partial charge in [0.05, 0.1) is 22.0 Å². The highest BCUT2D eigenvalue weighted by atomic mass is 32.2. The maximum atomic E-state index is 12.6. The van der Waals surface area contributed by atoms with Gasteiger partial charge in [0.15, 0.2) is 9.84 Å². The van der Waals surface area contributed by atoms with Crippen molar-refractivity contribution in [2.75, 3.05) is 19.3 Å². The monoisotopic (exact) mass is 333 g/mol. The van der Waals surface area contributed by atoms with Gasteiger partial charge < -0.3 is 4.74 Å². The van der Waals surface area contributed by atoms with E-state index in [2.05, 4.69) is 0 Å². The molecule has 1 aromatic carbocycles. The smallest absolute Gasteiger partial charge is 0.243 e. The first-order valence-electron chi connectivity index (χ1n) is 6.56. The lowest BCUT2D eigenvalue weighted by Gasteiger charge is -2.34. The Bertz CT molecular complexity index is 699. The number of benzene rings is 1. The number of sulfonamides is 1. The van der Waals surface area contributed by atoms with Crippen LogP contribution in [0.1, 0.15) is 13.8 Å². The normalized spacial score (nSPS) is 24.9. The minimum Gasteiger partial charge on any atom is -0.373 e. The first kappa shape index (κ1) is 16.4. The second kappa shape index (κ2) is 5.68. The van der Waals surface area contributed by atoms with Crippen LogP contribution in [0.2, 0.25) is 0 Å². The Kier molecular flexibility index (Phi) is 4.44. The molecule has 2 rings (SSSR count). The lowest BCUT2D eigenvalue weighted by Crippen LogP contribution is -2.48. The third-order valence-electron chi connectivity index (χ3n) is 3.28. The topological polar surface area (TPSA) is 80.8 Å². The quantitative estimate of drug-likeness (QED) is 0.820. The van der Waals surface area contributed by atoms with E-state index in [-0.39, 0.29) is 22.0 Å². The molecule has 0 radical (unpaired) electrons. The van der Waals surface area contributed by atoms with Crippen LogP contribution >= 0.6 is 0 Å². The SMILES string of the molecule is C[C@@H]1CN(S(=O)(=O)c2ccc(S(C)(=O)=O)cc2)C[C@@H](C)O1. The van der Waals surface area contributed by atoms with E-state index < -0.39 is 19.9 Å². The van der Waals surface area contributed by atoms with Crippen LogP contribution in [0.25, 0.3) is 0 Å². The zero-order chi connectivity index (χ0) is 15.8. The second-order valence-electron chi connectivity index (χ2n) is 5.32. The van der Waals surface area contributed by atoms with Crippen molar-refractivity contribution in [3.63, 3.8) is 0 Å². The first-order chi connectivity index (χ1) is 9.60. The Morgan fingerprint density at radius 3 is 1.81 bits per heavy atom. The summed E-state index contributed by atoms with van der Waals surface area (Å²) in [6.07, 6.45) is 0.750. The van der Waals surface area contributed by atoms with Crippen molar-refractivity contribution in [3.05, 3.63) is 24.3 Å². The highest BCUT2D eigenvalue weighted by Crippen LogP contribution is 2.22. The third kappa shape index (κ3) is 3.63. The lowest BCUT2D eigenvalue weighted by molar-refractivity contribution is -0.0440. The Hall–Kier alpha value is -0.960. The van der Waals surface area contributed by atoms with Gasteiger partial charge in [0.2, 0.25) is 10.0 Å². The maximum Gasteiger partial charge on any atom is 0.243 e. The number of nitrogens with zero attached hydrogens (tertiary/aromatic N) is 1. The molecule has 0 N–H and O–H groups in total. The van der Waals surface area contributed by atoms with E-state index in [4.69, 9.17) is 4.74 Å². The van der Waals surface area contributed by atoms with Gasteiger partial charge in [-0.2, -0.15) is 4.31 Å². The lowest BCUT2D eigenvalue weighted by atomic mass is 10.3. The molecular weight excluding hydrogens is 314 g/mol. The summed E-state index contributed by atoms with van der Waals surface area (Å²) in [5.41, 5.74) is 0. The van der Waals surface area contributed by atoms with Crippen LogP contribution in [0, 0.1) is 0 Å². The Labute approximate surface area is 125 Å². The maximum absolute atomic E-state index is 12.6.